The molecular formula is C23H27F2N3. The van der Waals surface area contributed by atoms with E-state index < -0.39 is 0 Å². The van der Waals surface area contributed by atoms with Crippen LogP contribution in [0.15, 0.2) is 36.7 Å². The number of imidazole rings is 1. The van der Waals surface area contributed by atoms with E-state index in [9.17, 15) is 8.78 Å². The number of rotatable bonds is 4. The molecule has 0 spiro atoms. The molecule has 1 fully saturated rings. The molecule has 1 aromatic heterocycles. The Morgan fingerprint density at radius 3 is 2.79 bits per heavy atom. The summed E-state index contributed by atoms with van der Waals surface area (Å²) < 4.78 is 29.3. The highest BCUT2D eigenvalue weighted by atomic mass is 19.1. The number of hydrogen-bond donors (Lipinski definition) is 0. The molecular weight excluding hydrogens is 356 g/mol. The minimum absolute atomic E-state index is 0.159. The van der Waals surface area contributed by atoms with Gasteiger partial charge in [-0.15, -0.1) is 0 Å². The third kappa shape index (κ3) is 3.95. The van der Waals surface area contributed by atoms with Crippen molar-refractivity contribution in [2.75, 3.05) is 13.1 Å². The number of hydrogen-bond acceptors (Lipinski definition) is 2. The maximum Gasteiger partial charge on any atom is 0.124 e. The SMILES string of the molecule is C=C1CCCn2c(CN3CCC(c4cccc(F)c4)CC3)nc(/C=C(\C)F)c21. The van der Waals surface area contributed by atoms with Crippen molar-refractivity contribution >= 4 is 11.6 Å². The number of aromatic nitrogens is 2. The summed E-state index contributed by atoms with van der Waals surface area (Å²) in [5.41, 5.74) is 3.84. The number of piperidine rings is 1. The van der Waals surface area contributed by atoms with Crippen LogP contribution in [0.5, 0.6) is 0 Å². The summed E-state index contributed by atoms with van der Waals surface area (Å²) in [6.07, 6.45) is 5.53. The Kier molecular flexibility index (Phi) is 5.44. The van der Waals surface area contributed by atoms with E-state index in [1.54, 1.807) is 12.1 Å². The summed E-state index contributed by atoms with van der Waals surface area (Å²) >= 11 is 0. The molecule has 2 aliphatic heterocycles. The molecule has 3 heterocycles. The summed E-state index contributed by atoms with van der Waals surface area (Å²) in [6, 6.07) is 6.98. The van der Waals surface area contributed by atoms with E-state index in [0.717, 1.165) is 74.5 Å². The largest absolute Gasteiger partial charge is 0.327 e. The van der Waals surface area contributed by atoms with Crippen molar-refractivity contribution in [1.29, 1.82) is 0 Å². The van der Waals surface area contributed by atoms with Gasteiger partial charge in [-0.1, -0.05) is 18.7 Å². The number of halogens is 2. The summed E-state index contributed by atoms with van der Waals surface area (Å²) in [6.45, 7) is 9.21. The van der Waals surface area contributed by atoms with Crippen LogP contribution in [0.3, 0.4) is 0 Å². The third-order valence-corrected chi connectivity index (χ3v) is 5.88. The van der Waals surface area contributed by atoms with Gasteiger partial charge in [0.1, 0.15) is 11.6 Å². The van der Waals surface area contributed by atoms with Crippen LogP contribution in [0.2, 0.25) is 0 Å². The Balaban J connectivity index is 1.48. The first kappa shape index (κ1) is 19.1. The standard InChI is InChI=1S/C23H27F2N3/c1-16-5-4-10-28-22(26-21(23(16)28)13-17(2)24)15-27-11-8-18(9-12-27)19-6-3-7-20(25)14-19/h3,6-7,13-14,18H,1,4-5,8-12,15H2,2H3/b17-13+. The average Bonchev–Trinajstić information content (AvgIpc) is 3.00. The molecule has 4 rings (SSSR count). The minimum atomic E-state index is -0.235. The number of likely N-dealkylation sites (tertiary alicyclic amines) is 1. The van der Waals surface area contributed by atoms with Crippen LogP contribution >= 0.6 is 0 Å². The fourth-order valence-electron chi connectivity index (χ4n) is 4.50. The molecule has 0 radical (unpaired) electrons. The summed E-state index contributed by atoms with van der Waals surface area (Å²) in [4.78, 5) is 7.16. The summed E-state index contributed by atoms with van der Waals surface area (Å²) in [5.74, 6) is 1.01. The van der Waals surface area contributed by atoms with Crippen molar-refractivity contribution in [3.63, 3.8) is 0 Å². The first-order chi connectivity index (χ1) is 13.5. The van der Waals surface area contributed by atoms with Crippen molar-refractivity contribution in [1.82, 2.24) is 14.5 Å². The van der Waals surface area contributed by atoms with Crippen molar-refractivity contribution < 1.29 is 8.78 Å². The third-order valence-electron chi connectivity index (χ3n) is 5.88. The molecule has 0 N–H and O–H groups in total. The van der Waals surface area contributed by atoms with Crippen LogP contribution in [0.1, 0.15) is 61.3 Å². The van der Waals surface area contributed by atoms with Crippen LogP contribution in [-0.4, -0.2) is 27.5 Å². The molecule has 0 amide bonds. The average molecular weight is 383 g/mol. The summed E-state index contributed by atoms with van der Waals surface area (Å²) in [7, 11) is 0. The lowest BCUT2D eigenvalue weighted by Gasteiger charge is -2.32. The Hall–Kier alpha value is -2.27. The van der Waals surface area contributed by atoms with Gasteiger partial charge in [-0.2, -0.15) is 0 Å². The van der Waals surface area contributed by atoms with Gasteiger partial charge in [0, 0.05) is 6.54 Å². The predicted octanol–water partition coefficient (Wildman–Crippen LogP) is 5.54. The Morgan fingerprint density at radius 2 is 2.07 bits per heavy atom. The van der Waals surface area contributed by atoms with E-state index in [0.29, 0.717) is 11.6 Å². The van der Waals surface area contributed by atoms with Crippen LogP contribution in [0.25, 0.3) is 11.6 Å². The Labute approximate surface area is 165 Å². The summed E-state index contributed by atoms with van der Waals surface area (Å²) in [5, 5.41) is 0. The second kappa shape index (κ2) is 8.00. The molecule has 0 saturated carbocycles. The van der Waals surface area contributed by atoms with Crippen LogP contribution in [-0.2, 0) is 13.1 Å². The maximum atomic E-state index is 13.5. The molecule has 28 heavy (non-hydrogen) atoms. The second-order valence-corrected chi connectivity index (χ2v) is 7.96. The molecule has 5 heteroatoms. The molecule has 0 aliphatic carbocycles. The molecule has 1 saturated heterocycles. The lowest BCUT2D eigenvalue weighted by atomic mass is 9.89. The van der Waals surface area contributed by atoms with Crippen molar-refractivity contribution in [2.45, 2.75) is 51.6 Å². The lowest BCUT2D eigenvalue weighted by molar-refractivity contribution is 0.197. The van der Waals surface area contributed by atoms with Gasteiger partial charge in [-0.05, 0) is 81.0 Å². The monoisotopic (exact) mass is 383 g/mol. The number of nitrogens with zero attached hydrogens (tertiary/aromatic N) is 3. The number of fused-ring (bicyclic) bond motifs is 1. The van der Waals surface area contributed by atoms with Crippen molar-refractivity contribution in [3.8, 4) is 0 Å². The van der Waals surface area contributed by atoms with E-state index in [1.165, 1.54) is 19.1 Å². The quantitative estimate of drug-likeness (QED) is 0.691. The highest BCUT2D eigenvalue weighted by Crippen LogP contribution is 2.32. The number of benzene rings is 1. The molecule has 3 nitrogen and oxygen atoms in total. The van der Waals surface area contributed by atoms with Gasteiger partial charge in [0.15, 0.2) is 0 Å². The number of allylic oxidation sites excluding steroid dienone is 2. The van der Waals surface area contributed by atoms with Crippen LogP contribution in [0.4, 0.5) is 8.78 Å². The van der Waals surface area contributed by atoms with Crippen molar-refractivity contribution in [2.24, 2.45) is 0 Å². The van der Waals surface area contributed by atoms with Gasteiger partial charge in [-0.25, -0.2) is 13.8 Å². The highest BCUT2D eigenvalue weighted by molar-refractivity contribution is 5.70. The van der Waals surface area contributed by atoms with Crippen LogP contribution < -0.4 is 0 Å². The zero-order valence-corrected chi connectivity index (χ0v) is 16.4. The van der Waals surface area contributed by atoms with Crippen LogP contribution in [0, 0.1) is 5.82 Å². The molecule has 2 aromatic rings. The zero-order chi connectivity index (χ0) is 19.7. The molecule has 1 aromatic carbocycles. The smallest absolute Gasteiger partial charge is 0.124 e. The van der Waals surface area contributed by atoms with E-state index in [4.69, 9.17) is 4.98 Å². The van der Waals surface area contributed by atoms with Gasteiger partial charge in [0.05, 0.1) is 23.8 Å². The van der Waals surface area contributed by atoms with E-state index in [1.807, 2.05) is 6.07 Å². The lowest BCUT2D eigenvalue weighted by Crippen LogP contribution is -2.33. The van der Waals surface area contributed by atoms with Crippen molar-refractivity contribution in [3.05, 3.63) is 65.3 Å². The molecule has 2 aliphatic rings. The van der Waals surface area contributed by atoms with Gasteiger partial charge in [0.25, 0.3) is 0 Å². The first-order valence-corrected chi connectivity index (χ1v) is 10.1. The second-order valence-electron chi connectivity index (χ2n) is 7.96. The fourth-order valence-corrected chi connectivity index (χ4v) is 4.50. The molecule has 148 valence electrons. The molecule has 0 atom stereocenters. The highest BCUT2D eigenvalue weighted by Gasteiger charge is 2.25. The minimum Gasteiger partial charge on any atom is -0.327 e. The van der Waals surface area contributed by atoms with Gasteiger partial charge in [0.2, 0.25) is 0 Å². The van der Waals surface area contributed by atoms with E-state index >= 15 is 0 Å². The Bertz CT molecular complexity index is 901. The Morgan fingerprint density at radius 1 is 1.29 bits per heavy atom. The zero-order valence-electron chi connectivity index (χ0n) is 16.4. The molecule has 0 bridgehead atoms. The van der Waals surface area contributed by atoms with E-state index in [2.05, 4.69) is 16.0 Å². The topological polar surface area (TPSA) is 21.1 Å². The van der Waals surface area contributed by atoms with Gasteiger partial charge >= 0.3 is 0 Å². The first-order valence-electron chi connectivity index (χ1n) is 10.1. The fraction of sp³-hybridized carbons (Fsp3) is 0.435. The maximum absolute atomic E-state index is 13.5. The van der Waals surface area contributed by atoms with E-state index in [-0.39, 0.29) is 11.6 Å². The van der Waals surface area contributed by atoms with Gasteiger partial charge < -0.3 is 4.57 Å². The predicted molar refractivity (Wildman–Crippen MR) is 109 cm³/mol. The normalized spacial score (nSPS) is 19.1. The molecule has 0 unspecified atom stereocenters. The van der Waals surface area contributed by atoms with Gasteiger partial charge in [-0.3, -0.25) is 4.90 Å².